The average molecular weight is 829 g/mol. The van der Waals surface area contributed by atoms with Crippen molar-refractivity contribution in [2.24, 2.45) is 50.7 Å². The van der Waals surface area contributed by atoms with E-state index in [1.54, 1.807) is 6.92 Å². The molecule has 0 aromatic carbocycles. The Morgan fingerprint density at radius 3 is 1.95 bits per heavy atom. The van der Waals surface area contributed by atoms with E-state index in [0.29, 0.717) is 32.1 Å². The highest BCUT2D eigenvalue weighted by Crippen LogP contribution is 2.76. The van der Waals surface area contributed by atoms with Crippen molar-refractivity contribution in [2.45, 2.75) is 179 Å². The van der Waals surface area contributed by atoms with Crippen molar-refractivity contribution in [3.63, 3.8) is 0 Å². The van der Waals surface area contributed by atoms with Gasteiger partial charge in [0, 0.05) is 11.3 Å². The largest absolute Gasteiger partial charge is 0.432 e. The number of ether oxygens (including phenoxy) is 4. The van der Waals surface area contributed by atoms with Crippen LogP contribution in [0.3, 0.4) is 0 Å². The SMILES string of the molecule is CC1CCC2(C(=O)OC3OC(CO)C(O)C(O)C3OC3OC(CO)C(O)C(O)C3O)CCC3(C)C(=CCC4C5(C)C(O)C(O)C(O)C(C)(C)C5CCC43C)C2C1(C)O. The summed E-state index contributed by atoms with van der Waals surface area (Å²) >= 11 is 0. The Hall–Kier alpha value is -1.35. The van der Waals surface area contributed by atoms with Crippen LogP contribution >= 0.6 is 0 Å². The maximum Gasteiger partial charge on any atom is 0.315 e. The molecule has 22 atom stereocenters. The van der Waals surface area contributed by atoms with Gasteiger partial charge in [-0.05, 0) is 85.9 Å². The highest BCUT2D eigenvalue weighted by molar-refractivity contribution is 5.79. The van der Waals surface area contributed by atoms with E-state index in [2.05, 4.69) is 19.9 Å². The van der Waals surface area contributed by atoms with E-state index in [0.717, 1.165) is 12.0 Å². The van der Waals surface area contributed by atoms with E-state index in [4.69, 9.17) is 18.9 Å². The lowest BCUT2D eigenvalue weighted by Gasteiger charge is -2.72. The van der Waals surface area contributed by atoms with Crippen LogP contribution in [0.5, 0.6) is 0 Å². The molecule has 2 saturated heterocycles. The van der Waals surface area contributed by atoms with Crippen LogP contribution < -0.4 is 0 Å². The average Bonchev–Trinajstić information content (AvgIpc) is 3.17. The third-order valence-corrected chi connectivity index (χ3v) is 17.8. The van der Waals surface area contributed by atoms with Crippen molar-refractivity contribution in [1.29, 1.82) is 0 Å². The Morgan fingerprint density at radius 1 is 0.724 bits per heavy atom. The zero-order chi connectivity index (χ0) is 42.9. The molecule has 0 aromatic heterocycles. The van der Waals surface area contributed by atoms with Crippen LogP contribution in [0.2, 0.25) is 0 Å². The molecule has 2 heterocycles. The lowest BCUT2D eigenvalue weighted by Crippen LogP contribution is -2.72. The molecule has 16 nitrogen and oxygen atoms in total. The van der Waals surface area contributed by atoms with Crippen LogP contribution in [0.4, 0.5) is 0 Å². The number of fused-ring (bicyclic) bond motifs is 7. The van der Waals surface area contributed by atoms with Gasteiger partial charge in [-0.1, -0.05) is 53.2 Å². The first-order valence-electron chi connectivity index (χ1n) is 21.2. The number of hydrogen-bond donors (Lipinski definition) is 11. The summed E-state index contributed by atoms with van der Waals surface area (Å²) in [5.41, 5.74) is -4.28. The number of allylic oxidation sites excluding steroid dienone is 1. The summed E-state index contributed by atoms with van der Waals surface area (Å²) < 4.78 is 23.4. The fraction of sp³-hybridized carbons (Fsp3) is 0.929. The van der Waals surface area contributed by atoms with Crippen LogP contribution in [-0.2, 0) is 23.7 Å². The van der Waals surface area contributed by atoms with Gasteiger partial charge in [-0.3, -0.25) is 4.79 Å². The monoisotopic (exact) mass is 828 g/mol. The van der Waals surface area contributed by atoms with Gasteiger partial charge in [0.05, 0.1) is 36.4 Å². The first-order valence-corrected chi connectivity index (χ1v) is 21.2. The number of hydrogen-bond acceptors (Lipinski definition) is 16. The Labute approximate surface area is 339 Å². The van der Waals surface area contributed by atoms with Crippen LogP contribution in [-0.4, -0.2) is 161 Å². The Kier molecular flexibility index (Phi) is 11.5. The fourth-order valence-corrected chi connectivity index (χ4v) is 13.8. The van der Waals surface area contributed by atoms with Gasteiger partial charge in [-0.25, -0.2) is 0 Å². The third kappa shape index (κ3) is 6.02. The predicted octanol–water partition coefficient (Wildman–Crippen LogP) is -0.771. The number of esters is 1. The van der Waals surface area contributed by atoms with E-state index >= 15 is 4.79 Å². The molecule has 7 aliphatic rings. The van der Waals surface area contributed by atoms with Gasteiger partial charge in [0.25, 0.3) is 0 Å². The van der Waals surface area contributed by atoms with Gasteiger partial charge in [0.1, 0.15) is 48.8 Å². The lowest BCUT2D eigenvalue weighted by molar-refractivity contribution is -0.364. The molecule has 332 valence electrons. The van der Waals surface area contributed by atoms with Crippen LogP contribution in [0, 0.1) is 50.7 Å². The molecule has 2 aliphatic heterocycles. The van der Waals surface area contributed by atoms with Gasteiger partial charge in [-0.2, -0.15) is 0 Å². The molecule has 22 unspecified atom stereocenters. The second kappa shape index (κ2) is 14.9. The lowest BCUT2D eigenvalue weighted by atomic mass is 9.32. The number of rotatable bonds is 6. The van der Waals surface area contributed by atoms with Crippen molar-refractivity contribution < 1.29 is 79.9 Å². The quantitative estimate of drug-likeness (QED) is 0.116. The fourth-order valence-electron chi connectivity index (χ4n) is 13.8. The summed E-state index contributed by atoms with van der Waals surface area (Å²) in [6.45, 7) is 12.5. The van der Waals surface area contributed by atoms with Crippen LogP contribution in [0.15, 0.2) is 11.6 Å². The van der Waals surface area contributed by atoms with Crippen molar-refractivity contribution in [3.05, 3.63) is 11.6 Å². The maximum atomic E-state index is 15.1. The molecular weight excluding hydrogens is 760 g/mol. The van der Waals surface area contributed by atoms with Crippen LogP contribution in [0.25, 0.3) is 0 Å². The summed E-state index contributed by atoms with van der Waals surface area (Å²) in [6, 6.07) is 0. The van der Waals surface area contributed by atoms with E-state index in [1.165, 1.54) is 0 Å². The zero-order valence-electron chi connectivity index (χ0n) is 34.7. The van der Waals surface area contributed by atoms with E-state index < -0.39 is 138 Å². The van der Waals surface area contributed by atoms with Crippen molar-refractivity contribution in [1.82, 2.24) is 0 Å². The molecule has 5 aliphatic carbocycles. The standard InChI is InChI=1S/C42H68O16/c1-18-10-13-42(36(53)58-35-30(27(48)25(46)21(17-44)56-35)57-34-28(49)26(47)24(45)20(16-43)55-34)15-14-38(4)19(31(42)41(18,7)54)8-9-23-39(38,5)12-11-22-37(2,3)32(51)29(50)33(52)40(22,23)6/h8,18,20-35,43-52,54H,9-17H2,1-7H3. The van der Waals surface area contributed by atoms with Gasteiger partial charge < -0.3 is 75.1 Å². The Bertz CT molecular complexity index is 1590. The van der Waals surface area contributed by atoms with Crippen molar-refractivity contribution in [3.8, 4) is 0 Å². The minimum absolute atomic E-state index is 0.0919. The molecule has 0 spiro atoms. The summed E-state index contributed by atoms with van der Waals surface area (Å²) in [7, 11) is 0. The molecule has 0 bridgehead atoms. The summed E-state index contributed by atoms with van der Waals surface area (Å²) in [5.74, 6) is -1.96. The summed E-state index contributed by atoms with van der Waals surface area (Å²) in [6.07, 6.45) is -15.1. The Morgan fingerprint density at radius 2 is 1.33 bits per heavy atom. The summed E-state index contributed by atoms with van der Waals surface area (Å²) in [5, 5.41) is 120. The molecule has 0 radical (unpaired) electrons. The van der Waals surface area contributed by atoms with Gasteiger partial charge in [-0.15, -0.1) is 0 Å². The van der Waals surface area contributed by atoms with Gasteiger partial charge in [0.2, 0.25) is 6.29 Å². The second-order valence-electron chi connectivity index (χ2n) is 20.5. The van der Waals surface area contributed by atoms with Gasteiger partial charge >= 0.3 is 5.97 Å². The molecule has 0 amide bonds. The first kappa shape index (κ1) is 44.7. The van der Waals surface area contributed by atoms with E-state index in [1.807, 2.05) is 27.7 Å². The van der Waals surface area contributed by atoms with E-state index in [9.17, 15) is 56.2 Å². The molecule has 11 N–H and O–H groups in total. The predicted molar refractivity (Wildman–Crippen MR) is 202 cm³/mol. The van der Waals surface area contributed by atoms with E-state index in [-0.39, 0.29) is 24.2 Å². The van der Waals surface area contributed by atoms with Crippen molar-refractivity contribution in [2.75, 3.05) is 13.2 Å². The first-order chi connectivity index (χ1) is 26.9. The molecule has 4 saturated carbocycles. The number of aliphatic hydroxyl groups is 11. The van der Waals surface area contributed by atoms with Crippen LogP contribution in [0.1, 0.15) is 93.4 Å². The molecule has 58 heavy (non-hydrogen) atoms. The topological polar surface area (TPSA) is 277 Å². The smallest absolute Gasteiger partial charge is 0.315 e. The number of aliphatic hydroxyl groups excluding tert-OH is 10. The highest BCUT2D eigenvalue weighted by atomic mass is 16.8. The molecule has 6 fully saturated rings. The normalized spacial score (nSPS) is 56.5. The zero-order valence-corrected chi connectivity index (χ0v) is 34.7. The number of carbonyl (C=O) groups excluding carboxylic acids is 1. The highest BCUT2D eigenvalue weighted by Gasteiger charge is 2.74. The summed E-state index contributed by atoms with van der Waals surface area (Å²) in [4.78, 5) is 15.1. The second-order valence-corrected chi connectivity index (χ2v) is 20.5. The van der Waals surface area contributed by atoms with Crippen molar-refractivity contribution >= 4 is 5.97 Å². The molecule has 16 heteroatoms. The minimum Gasteiger partial charge on any atom is -0.432 e. The molecule has 7 rings (SSSR count). The van der Waals surface area contributed by atoms with Gasteiger partial charge in [0.15, 0.2) is 12.4 Å². The minimum atomic E-state index is -1.89. The molecular formula is C42H68O16. The maximum absolute atomic E-state index is 15.1. The number of carbonyl (C=O) groups is 1. The third-order valence-electron chi connectivity index (χ3n) is 17.8. The Balaban J connectivity index is 1.25. The molecule has 0 aromatic rings.